The number of rotatable bonds is 8. The SMILES string of the molecule is O=C(NCCCO)/C(=C/c1cccc([N+](=O)[O-])c1)NC(=O)c1ccccc1. The number of amides is 2. The molecule has 0 spiro atoms. The van der Waals surface area contributed by atoms with Gasteiger partial charge in [-0.15, -0.1) is 0 Å². The Morgan fingerprint density at radius 1 is 1.11 bits per heavy atom. The lowest BCUT2D eigenvalue weighted by molar-refractivity contribution is -0.384. The van der Waals surface area contributed by atoms with Crippen LogP contribution in [0.4, 0.5) is 5.69 Å². The van der Waals surface area contributed by atoms with E-state index in [0.717, 1.165) is 0 Å². The summed E-state index contributed by atoms with van der Waals surface area (Å²) >= 11 is 0. The normalized spacial score (nSPS) is 10.9. The number of nitro benzene ring substituents is 1. The fraction of sp³-hybridized carbons (Fsp3) is 0.158. The smallest absolute Gasteiger partial charge is 0.270 e. The van der Waals surface area contributed by atoms with Crippen molar-refractivity contribution < 1.29 is 19.6 Å². The van der Waals surface area contributed by atoms with Crippen LogP contribution >= 0.6 is 0 Å². The van der Waals surface area contributed by atoms with E-state index in [1.165, 1.54) is 24.3 Å². The van der Waals surface area contributed by atoms with Gasteiger partial charge in [-0.25, -0.2) is 0 Å². The minimum Gasteiger partial charge on any atom is -0.396 e. The van der Waals surface area contributed by atoms with Crippen LogP contribution in [0.25, 0.3) is 6.08 Å². The molecule has 0 radical (unpaired) electrons. The lowest BCUT2D eigenvalue weighted by Gasteiger charge is -2.11. The Hall–Kier alpha value is -3.52. The molecule has 0 bridgehead atoms. The summed E-state index contributed by atoms with van der Waals surface area (Å²) in [6.07, 6.45) is 1.73. The number of hydrogen-bond acceptors (Lipinski definition) is 5. The summed E-state index contributed by atoms with van der Waals surface area (Å²) < 4.78 is 0. The molecule has 140 valence electrons. The molecular weight excluding hydrogens is 350 g/mol. The summed E-state index contributed by atoms with van der Waals surface area (Å²) in [7, 11) is 0. The molecule has 3 N–H and O–H groups in total. The van der Waals surface area contributed by atoms with Crippen LogP contribution < -0.4 is 10.6 Å². The molecule has 0 aromatic heterocycles. The molecule has 0 atom stereocenters. The third kappa shape index (κ3) is 6.05. The van der Waals surface area contributed by atoms with Crippen molar-refractivity contribution in [2.45, 2.75) is 6.42 Å². The number of nitro groups is 1. The van der Waals surface area contributed by atoms with Gasteiger partial charge in [-0.1, -0.05) is 30.3 Å². The molecule has 0 aliphatic rings. The van der Waals surface area contributed by atoms with Crippen LogP contribution in [-0.4, -0.2) is 35.0 Å². The summed E-state index contributed by atoms with van der Waals surface area (Å²) in [5, 5.41) is 24.9. The lowest BCUT2D eigenvalue weighted by atomic mass is 10.1. The van der Waals surface area contributed by atoms with Gasteiger partial charge in [-0.2, -0.15) is 0 Å². The number of nitrogens with one attached hydrogen (secondary N) is 2. The van der Waals surface area contributed by atoms with E-state index < -0.39 is 16.7 Å². The van der Waals surface area contributed by atoms with E-state index >= 15 is 0 Å². The van der Waals surface area contributed by atoms with Crippen LogP contribution in [0.2, 0.25) is 0 Å². The average Bonchev–Trinajstić information content (AvgIpc) is 2.68. The molecule has 2 rings (SSSR count). The van der Waals surface area contributed by atoms with E-state index in [1.54, 1.807) is 36.4 Å². The first-order chi connectivity index (χ1) is 13.0. The predicted octanol–water partition coefficient (Wildman–Crippen LogP) is 1.86. The van der Waals surface area contributed by atoms with Crippen molar-refractivity contribution in [1.29, 1.82) is 0 Å². The van der Waals surface area contributed by atoms with E-state index in [1.807, 2.05) is 0 Å². The highest BCUT2D eigenvalue weighted by molar-refractivity contribution is 6.05. The van der Waals surface area contributed by atoms with Crippen LogP contribution in [0.5, 0.6) is 0 Å². The minimum atomic E-state index is -0.556. The maximum atomic E-state index is 12.4. The fourth-order valence-electron chi connectivity index (χ4n) is 2.21. The number of aliphatic hydroxyl groups is 1. The maximum absolute atomic E-state index is 12.4. The van der Waals surface area contributed by atoms with Crippen molar-refractivity contribution in [2.24, 2.45) is 0 Å². The Morgan fingerprint density at radius 3 is 2.52 bits per heavy atom. The summed E-state index contributed by atoms with van der Waals surface area (Å²) in [4.78, 5) is 35.2. The van der Waals surface area contributed by atoms with E-state index in [9.17, 15) is 19.7 Å². The number of carbonyl (C=O) groups excluding carboxylic acids is 2. The number of nitrogens with zero attached hydrogens (tertiary/aromatic N) is 1. The van der Waals surface area contributed by atoms with Crippen molar-refractivity contribution in [1.82, 2.24) is 10.6 Å². The monoisotopic (exact) mass is 369 g/mol. The highest BCUT2D eigenvalue weighted by Gasteiger charge is 2.15. The zero-order valence-electron chi connectivity index (χ0n) is 14.4. The average molecular weight is 369 g/mol. The maximum Gasteiger partial charge on any atom is 0.270 e. The standard InChI is InChI=1S/C19H19N3O5/c23-11-5-10-20-19(25)17(21-18(24)15-7-2-1-3-8-15)13-14-6-4-9-16(12-14)22(26)27/h1-4,6-9,12-13,23H,5,10-11H2,(H,20,25)(H,21,24)/b17-13-. The van der Waals surface area contributed by atoms with Gasteiger partial charge in [-0.05, 0) is 30.2 Å². The number of carbonyl (C=O) groups is 2. The van der Waals surface area contributed by atoms with E-state index in [4.69, 9.17) is 5.11 Å². The first-order valence-electron chi connectivity index (χ1n) is 8.23. The number of benzene rings is 2. The fourth-order valence-corrected chi connectivity index (χ4v) is 2.21. The Bertz CT molecular complexity index is 849. The highest BCUT2D eigenvalue weighted by Crippen LogP contribution is 2.15. The van der Waals surface area contributed by atoms with Crippen molar-refractivity contribution in [3.63, 3.8) is 0 Å². The van der Waals surface area contributed by atoms with Gasteiger partial charge in [0.15, 0.2) is 0 Å². The van der Waals surface area contributed by atoms with E-state index in [-0.39, 0.29) is 24.5 Å². The van der Waals surface area contributed by atoms with Gasteiger partial charge >= 0.3 is 0 Å². The van der Waals surface area contributed by atoms with Crippen molar-refractivity contribution in [3.05, 3.63) is 81.5 Å². The minimum absolute atomic E-state index is 0.0534. The molecule has 8 heteroatoms. The zero-order valence-corrected chi connectivity index (χ0v) is 14.4. The molecular formula is C19H19N3O5. The Morgan fingerprint density at radius 2 is 1.85 bits per heavy atom. The van der Waals surface area contributed by atoms with Gasteiger partial charge in [0.1, 0.15) is 5.70 Å². The van der Waals surface area contributed by atoms with Crippen LogP contribution in [0.15, 0.2) is 60.3 Å². The number of aliphatic hydroxyl groups excluding tert-OH is 1. The number of non-ortho nitro benzene ring substituents is 1. The van der Waals surface area contributed by atoms with Crippen LogP contribution in [0.3, 0.4) is 0 Å². The Balaban J connectivity index is 2.28. The topological polar surface area (TPSA) is 122 Å². The molecule has 2 aromatic carbocycles. The van der Waals surface area contributed by atoms with Crippen LogP contribution in [0.1, 0.15) is 22.3 Å². The van der Waals surface area contributed by atoms with Crippen LogP contribution in [-0.2, 0) is 4.79 Å². The third-order valence-electron chi connectivity index (χ3n) is 3.54. The molecule has 0 aliphatic heterocycles. The molecule has 0 heterocycles. The molecule has 0 saturated heterocycles. The second kappa shape index (κ2) is 9.83. The summed E-state index contributed by atoms with van der Waals surface area (Å²) in [5.74, 6) is -1.04. The third-order valence-corrected chi connectivity index (χ3v) is 3.54. The van der Waals surface area contributed by atoms with E-state index in [0.29, 0.717) is 17.5 Å². The van der Waals surface area contributed by atoms with Gasteiger partial charge in [0, 0.05) is 30.8 Å². The molecule has 0 saturated carbocycles. The molecule has 2 amide bonds. The summed E-state index contributed by atoms with van der Waals surface area (Å²) in [5.41, 5.74) is 0.580. The van der Waals surface area contributed by atoms with Gasteiger partial charge in [0.05, 0.1) is 4.92 Å². The van der Waals surface area contributed by atoms with Gasteiger partial charge in [0.2, 0.25) is 0 Å². The van der Waals surface area contributed by atoms with Crippen molar-refractivity contribution >= 4 is 23.6 Å². The Kier molecular flexibility index (Phi) is 7.21. The zero-order chi connectivity index (χ0) is 19.6. The predicted molar refractivity (Wildman–Crippen MR) is 99.7 cm³/mol. The van der Waals surface area contributed by atoms with E-state index in [2.05, 4.69) is 10.6 Å². The van der Waals surface area contributed by atoms with Crippen LogP contribution in [0, 0.1) is 10.1 Å². The lowest BCUT2D eigenvalue weighted by Crippen LogP contribution is -2.35. The van der Waals surface area contributed by atoms with Gasteiger partial charge < -0.3 is 15.7 Å². The number of hydrogen-bond donors (Lipinski definition) is 3. The molecule has 0 aliphatic carbocycles. The van der Waals surface area contributed by atoms with Gasteiger partial charge in [0.25, 0.3) is 17.5 Å². The molecule has 8 nitrogen and oxygen atoms in total. The van der Waals surface area contributed by atoms with Crippen molar-refractivity contribution in [2.75, 3.05) is 13.2 Å². The molecule has 27 heavy (non-hydrogen) atoms. The molecule has 2 aromatic rings. The van der Waals surface area contributed by atoms with Crippen molar-refractivity contribution in [3.8, 4) is 0 Å². The second-order valence-electron chi connectivity index (χ2n) is 5.56. The molecule has 0 fully saturated rings. The second-order valence-corrected chi connectivity index (χ2v) is 5.56. The quantitative estimate of drug-likeness (QED) is 0.284. The summed E-state index contributed by atoms with van der Waals surface area (Å²) in [6.45, 7) is 0.142. The highest BCUT2D eigenvalue weighted by atomic mass is 16.6. The first-order valence-corrected chi connectivity index (χ1v) is 8.23. The first kappa shape index (κ1) is 19.8. The largest absolute Gasteiger partial charge is 0.396 e. The summed E-state index contributed by atoms with van der Waals surface area (Å²) in [6, 6.07) is 14.1. The molecule has 0 unspecified atom stereocenters. The van der Waals surface area contributed by atoms with Gasteiger partial charge in [-0.3, -0.25) is 19.7 Å². The Labute approximate surface area is 155 Å².